The molecule has 0 aromatic heterocycles. The number of ether oxygens (including phenoxy) is 5. The second kappa shape index (κ2) is 12.8. The van der Waals surface area contributed by atoms with Crippen LogP contribution in [0.2, 0.25) is 0 Å². The molecule has 2 aromatic carbocycles. The maximum absolute atomic E-state index is 10.0. The van der Waals surface area contributed by atoms with Crippen LogP contribution in [0.3, 0.4) is 0 Å². The van der Waals surface area contributed by atoms with Crippen LogP contribution in [0, 0.1) is 0 Å². The number of benzene rings is 2. The van der Waals surface area contributed by atoms with Crippen LogP contribution in [0.5, 0.6) is 23.0 Å². The largest absolute Gasteiger partial charge is 0.497 e. The maximum atomic E-state index is 10.0. The second-order valence-electron chi connectivity index (χ2n) is 6.01. The highest BCUT2D eigenvalue weighted by Gasteiger charge is 2.05. The van der Waals surface area contributed by atoms with Crippen molar-refractivity contribution in [3.8, 4) is 23.0 Å². The Hall–Kier alpha value is -2.48. The molecule has 7 heteroatoms. The summed E-state index contributed by atoms with van der Waals surface area (Å²) >= 11 is 0. The normalized spacial score (nSPS) is 11.7. The average Bonchev–Trinajstić information content (AvgIpc) is 2.73. The van der Waals surface area contributed by atoms with Gasteiger partial charge >= 0.3 is 0 Å². The number of hydrogen-bond donors (Lipinski definition) is 2. The number of nitrogens with one attached hydrogen (secondary N) is 1. The van der Waals surface area contributed by atoms with E-state index < -0.39 is 6.10 Å². The number of aliphatic hydroxyl groups is 1. The smallest absolute Gasteiger partial charge is 0.119 e. The summed E-state index contributed by atoms with van der Waals surface area (Å²) in [5.74, 6) is 3.01. The van der Waals surface area contributed by atoms with E-state index in [1.165, 1.54) is 0 Å². The molecule has 1 unspecified atom stereocenters. The molecule has 0 aliphatic rings. The van der Waals surface area contributed by atoms with E-state index in [-0.39, 0.29) is 6.61 Å². The van der Waals surface area contributed by atoms with E-state index in [1.807, 2.05) is 48.5 Å². The summed E-state index contributed by atoms with van der Waals surface area (Å²) in [6.07, 6.45) is -0.612. The van der Waals surface area contributed by atoms with Crippen LogP contribution < -0.4 is 24.3 Å². The molecule has 0 bridgehead atoms. The predicted molar refractivity (Wildman–Crippen MR) is 107 cm³/mol. The summed E-state index contributed by atoms with van der Waals surface area (Å²) in [5, 5.41) is 13.1. The van der Waals surface area contributed by atoms with E-state index in [4.69, 9.17) is 23.7 Å². The Kier molecular flexibility index (Phi) is 9.99. The molecule has 0 aliphatic carbocycles. The van der Waals surface area contributed by atoms with Crippen molar-refractivity contribution in [3.05, 3.63) is 48.5 Å². The molecule has 0 aliphatic heterocycles. The molecule has 0 amide bonds. The number of rotatable bonds is 14. The summed E-state index contributed by atoms with van der Waals surface area (Å²) in [7, 11) is 3.26. The standard InChI is InChI=1S/C21H29NO6/c1-24-13-14-27-20-7-9-21(10-8-20)28-16-17(23)15-22-11-12-26-19-5-3-18(25-2)4-6-19/h3-10,17,22-23H,11-16H2,1-2H3. The van der Waals surface area contributed by atoms with Crippen molar-refractivity contribution in [1.29, 1.82) is 0 Å². The van der Waals surface area contributed by atoms with Gasteiger partial charge in [-0.15, -0.1) is 0 Å². The minimum Gasteiger partial charge on any atom is -0.497 e. The molecule has 0 fully saturated rings. The van der Waals surface area contributed by atoms with Gasteiger partial charge in [-0.2, -0.15) is 0 Å². The first kappa shape index (κ1) is 21.8. The first-order valence-electron chi connectivity index (χ1n) is 9.21. The molecule has 0 heterocycles. The zero-order valence-electron chi connectivity index (χ0n) is 16.4. The van der Waals surface area contributed by atoms with E-state index in [2.05, 4.69) is 5.32 Å². The Balaban J connectivity index is 1.55. The van der Waals surface area contributed by atoms with E-state index in [0.717, 1.165) is 17.2 Å². The van der Waals surface area contributed by atoms with E-state index in [0.29, 0.717) is 38.7 Å². The van der Waals surface area contributed by atoms with Gasteiger partial charge in [0, 0.05) is 20.2 Å². The fourth-order valence-corrected chi connectivity index (χ4v) is 2.31. The maximum Gasteiger partial charge on any atom is 0.119 e. The molecule has 28 heavy (non-hydrogen) atoms. The molecule has 7 nitrogen and oxygen atoms in total. The van der Waals surface area contributed by atoms with Crippen LogP contribution >= 0.6 is 0 Å². The molecule has 0 spiro atoms. The molecule has 0 saturated carbocycles. The van der Waals surface area contributed by atoms with Crippen molar-refractivity contribution in [3.63, 3.8) is 0 Å². The van der Waals surface area contributed by atoms with Crippen molar-refractivity contribution >= 4 is 0 Å². The molecule has 2 aromatic rings. The van der Waals surface area contributed by atoms with E-state index >= 15 is 0 Å². The Morgan fingerprint density at radius 2 is 1.29 bits per heavy atom. The molecule has 2 N–H and O–H groups in total. The van der Waals surface area contributed by atoms with Gasteiger partial charge < -0.3 is 34.1 Å². The fraction of sp³-hybridized carbons (Fsp3) is 0.429. The van der Waals surface area contributed by atoms with Gasteiger partial charge in [0.05, 0.1) is 13.7 Å². The third-order valence-corrected chi connectivity index (χ3v) is 3.81. The summed E-state index contributed by atoms with van der Waals surface area (Å²) in [6, 6.07) is 14.7. The van der Waals surface area contributed by atoms with Crippen molar-refractivity contribution in [2.45, 2.75) is 6.10 Å². The summed E-state index contributed by atoms with van der Waals surface area (Å²) in [6.45, 7) is 2.80. The van der Waals surface area contributed by atoms with Crippen LogP contribution in [0.15, 0.2) is 48.5 Å². The number of hydrogen-bond acceptors (Lipinski definition) is 7. The lowest BCUT2D eigenvalue weighted by molar-refractivity contribution is 0.105. The quantitative estimate of drug-likeness (QED) is 0.478. The van der Waals surface area contributed by atoms with Gasteiger partial charge in [0.2, 0.25) is 0 Å². The second-order valence-corrected chi connectivity index (χ2v) is 6.01. The zero-order chi connectivity index (χ0) is 20.0. The first-order valence-corrected chi connectivity index (χ1v) is 9.21. The molecular formula is C21H29NO6. The highest BCUT2D eigenvalue weighted by atomic mass is 16.5. The lowest BCUT2D eigenvalue weighted by Crippen LogP contribution is -2.33. The van der Waals surface area contributed by atoms with Crippen LogP contribution in [-0.4, -0.2) is 64.9 Å². The lowest BCUT2D eigenvalue weighted by atomic mass is 10.3. The highest BCUT2D eigenvalue weighted by molar-refractivity contribution is 5.31. The third kappa shape index (κ3) is 8.47. The zero-order valence-corrected chi connectivity index (χ0v) is 16.4. The summed E-state index contributed by atoms with van der Waals surface area (Å²) < 4.78 is 26.7. The summed E-state index contributed by atoms with van der Waals surface area (Å²) in [5.41, 5.74) is 0. The van der Waals surface area contributed by atoms with Gasteiger partial charge in [-0.1, -0.05) is 0 Å². The van der Waals surface area contributed by atoms with Gasteiger partial charge in [-0.05, 0) is 48.5 Å². The topological polar surface area (TPSA) is 78.4 Å². The Labute approximate surface area is 166 Å². The van der Waals surface area contributed by atoms with E-state index in [1.54, 1.807) is 14.2 Å². The van der Waals surface area contributed by atoms with E-state index in [9.17, 15) is 5.11 Å². The minimum atomic E-state index is -0.612. The minimum absolute atomic E-state index is 0.205. The predicted octanol–water partition coefficient (Wildman–Crippen LogP) is 2.13. The molecule has 154 valence electrons. The lowest BCUT2D eigenvalue weighted by Gasteiger charge is -2.14. The molecular weight excluding hydrogens is 362 g/mol. The SMILES string of the molecule is COCCOc1ccc(OCC(O)CNCCOc2ccc(OC)cc2)cc1. The van der Waals surface area contributed by atoms with Crippen LogP contribution in [-0.2, 0) is 4.74 Å². The third-order valence-electron chi connectivity index (χ3n) is 3.81. The van der Waals surface area contributed by atoms with Crippen molar-refractivity contribution in [2.75, 3.05) is 53.7 Å². The van der Waals surface area contributed by atoms with Gasteiger partial charge in [0.1, 0.15) is 48.9 Å². The molecule has 0 radical (unpaired) electrons. The van der Waals surface area contributed by atoms with Gasteiger partial charge in [0.15, 0.2) is 0 Å². The van der Waals surface area contributed by atoms with Crippen LogP contribution in [0.25, 0.3) is 0 Å². The fourth-order valence-electron chi connectivity index (χ4n) is 2.31. The summed E-state index contributed by atoms with van der Waals surface area (Å²) in [4.78, 5) is 0. The van der Waals surface area contributed by atoms with Gasteiger partial charge in [-0.3, -0.25) is 0 Å². The average molecular weight is 391 g/mol. The Morgan fingerprint density at radius 1 is 0.750 bits per heavy atom. The van der Waals surface area contributed by atoms with Crippen molar-refractivity contribution in [1.82, 2.24) is 5.32 Å². The Bertz CT molecular complexity index is 647. The highest BCUT2D eigenvalue weighted by Crippen LogP contribution is 2.18. The number of aliphatic hydroxyl groups excluding tert-OH is 1. The number of methoxy groups -OCH3 is 2. The Morgan fingerprint density at radius 3 is 1.86 bits per heavy atom. The van der Waals surface area contributed by atoms with Crippen LogP contribution in [0.1, 0.15) is 0 Å². The molecule has 2 rings (SSSR count). The van der Waals surface area contributed by atoms with Crippen molar-refractivity contribution in [2.24, 2.45) is 0 Å². The van der Waals surface area contributed by atoms with Crippen LogP contribution in [0.4, 0.5) is 0 Å². The van der Waals surface area contributed by atoms with Crippen molar-refractivity contribution < 1.29 is 28.8 Å². The molecule has 1 atom stereocenters. The first-order chi connectivity index (χ1) is 13.7. The molecule has 0 saturated heterocycles. The van der Waals surface area contributed by atoms with Gasteiger partial charge in [0.25, 0.3) is 0 Å². The van der Waals surface area contributed by atoms with Gasteiger partial charge in [-0.25, -0.2) is 0 Å². The monoisotopic (exact) mass is 391 g/mol.